The zero-order valence-electron chi connectivity index (χ0n) is 8.07. The van der Waals surface area contributed by atoms with Crippen LogP contribution in [0, 0.1) is 0 Å². The van der Waals surface area contributed by atoms with Gasteiger partial charge in [-0.3, -0.25) is 4.79 Å². The monoisotopic (exact) mass is 187 g/mol. The number of benzene rings is 1. The summed E-state index contributed by atoms with van der Waals surface area (Å²) in [6.07, 6.45) is 2.72. The molecular weight excluding hydrogens is 174 g/mol. The van der Waals surface area contributed by atoms with Crippen LogP contribution in [-0.2, 0) is 6.42 Å². The molecule has 1 aliphatic heterocycles. The molecule has 1 aromatic rings. The molecule has 72 valence electrons. The third-order valence-corrected chi connectivity index (χ3v) is 2.54. The lowest BCUT2D eigenvalue weighted by Crippen LogP contribution is -2.37. The van der Waals surface area contributed by atoms with Crippen LogP contribution in [0.25, 0.3) is 0 Å². The van der Waals surface area contributed by atoms with Crippen LogP contribution in [-0.4, -0.2) is 23.9 Å². The Bertz CT molecular complexity index is 370. The molecule has 0 saturated carbocycles. The van der Waals surface area contributed by atoms with Crippen molar-refractivity contribution in [2.45, 2.75) is 6.42 Å². The Balaban J connectivity index is 2.31. The van der Waals surface area contributed by atoms with E-state index in [2.05, 4.69) is 6.58 Å². The van der Waals surface area contributed by atoms with Crippen LogP contribution < -0.4 is 0 Å². The van der Waals surface area contributed by atoms with Gasteiger partial charge in [0.1, 0.15) is 0 Å². The van der Waals surface area contributed by atoms with Crippen molar-refractivity contribution < 1.29 is 4.79 Å². The molecule has 14 heavy (non-hydrogen) atoms. The molecule has 1 aliphatic rings. The predicted octanol–water partition coefficient (Wildman–Crippen LogP) is 1.87. The van der Waals surface area contributed by atoms with Gasteiger partial charge < -0.3 is 4.90 Å². The normalized spacial score (nSPS) is 15.1. The van der Waals surface area contributed by atoms with E-state index in [1.54, 1.807) is 6.08 Å². The Labute approximate surface area is 83.8 Å². The van der Waals surface area contributed by atoms with Gasteiger partial charge in [-0.15, -0.1) is 6.58 Å². The maximum absolute atomic E-state index is 11.9. The van der Waals surface area contributed by atoms with E-state index in [0.717, 1.165) is 24.1 Å². The van der Waals surface area contributed by atoms with Gasteiger partial charge in [0.15, 0.2) is 0 Å². The van der Waals surface area contributed by atoms with Crippen LogP contribution in [0.4, 0.5) is 0 Å². The van der Waals surface area contributed by atoms with Gasteiger partial charge in [0, 0.05) is 18.7 Å². The summed E-state index contributed by atoms with van der Waals surface area (Å²) in [6.45, 7) is 5.10. The molecule has 0 N–H and O–H groups in total. The molecule has 0 aliphatic carbocycles. The van der Waals surface area contributed by atoms with Gasteiger partial charge in [-0.05, 0) is 18.1 Å². The SMILES string of the molecule is C=CCN1CCc2ccccc2C1=O. The number of carbonyl (C=O) groups excluding carboxylic acids is 1. The molecule has 0 radical (unpaired) electrons. The second-order valence-electron chi connectivity index (χ2n) is 3.45. The Kier molecular flexibility index (Phi) is 2.35. The van der Waals surface area contributed by atoms with E-state index < -0.39 is 0 Å². The summed E-state index contributed by atoms with van der Waals surface area (Å²) >= 11 is 0. The molecule has 0 saturated heterocycles. The highest BCUT2D eigenvalue weighted by molar-refractivity contribution is 5.96. The van der Waals surface area contributed by atoms with E-state index in [4.69, 9.17) is 0 Å². The molecule has 0 bridgehead atoms. The lowest BCUT2D eigenvalue weighted by atomic mass is 9.99. The minimum absolute atomic E-state index is 0.131. The second kappa shape index (κ2) is 3.66. The maximum Gasteiger partial charge on any atom is 0.254 e. The third-order valence-electron chi connectivity index (χ3n) is 2.54. The first-order valence-electron chi connectivity index (χ1n) is 4.81. The molecule has 2 heteroatoms. The molecule has 0 unspecified atom stereocenters. The average molecular weight is 187 g/mol. The quantitative estimate of drug-likeness (QED) is 0.647. The Morgan fingerprint density at radius 3 is 3.00 bits per heavy atom. The van der Waals surface area contributed by atoms with Crippen molar-refractivity contribution in [2.24, 2.45) is 0 Å². The zero-order chi connectivity index (χ0) is 9.97. The number of hydrogen-bond donors (Lipinski definition) is 0. The van der Waals surface area contributed by atoms with Crippen molar-refractivity contribution in [3.8, 4) is 0 Å². The Morgan fingerprint density at radius 1 is 1.43 bits per heavy atom. The summed E-state index contributed by atoms with van der Waals surface area (Å²) in [5.41, 5.74) is 2.01. The van der Waals surface area contributed by atoms with Gasteiger partial charge in [0.05, 0.1) is 0 Å². The van der Waals surface area contributed by atoms with Crippen LogP contribution in [0.3, 0.4) is 0 Å². The number of nitrogens with zero attached hydrogens (tertiary/aromatic N) is 1. The number of hydrogen-bond acceptors (Lipinski definition) is 1. The highest BCUT2D eigenvalue weighted by Gasteiger charge is 2.22. The molecule has 0 fully saturated rings. The summed E-state index contributed by atoms with van der Waals surface area (Å²) in [5.74, 6) is 0.131. The molecule has 1 amide bonds. The predicted molar refractivity (Wildman–Crippen MR) is 56.2 cm³/mol. The standard InChI is InChI=1S/C12H13NO/c1-2-8-13-9-7-10-5-3-4-6-11(10)12(13)14/h2-6H,1,7-9H2. The van der Waals surface area contributed by atoms with E-state index in [1.807, 2.05) is 29.2 Å². The number of carbonyl (C=O) groups is 1. The van der Waals surface area contributed by atoms with E-state index in [0.29, 0.717) is 6.54 Å². The van der Waals surface area contributed by atoms with Crippen LogP contribution in [0.15, 0.2) is 36.9 Å². The highest BCUT2D eigenvalue weighted by atomic mass is 16.2. The van der Waals surface area contributed by atoms with Crippen LogP contribution in [0.2, 0.25) is 0 Å². The molecule has 0 atom stereocenters. The smallest absolute Gasteiger partial charge is 0.254 e. The van der Waals surface area contributed by atoms with Crippen LogP contribution in [0.5, 0.6) is 0 Å². The van der Waals surface area contributed by atoms with E-state index in [-0.39, 0.29) is 5.91 Å². The largest absolute Gasteiger partial charge is 0.335 e. The fourth-order valence-corrected chi connectivity index (χ4v) is 1.80. The van der Waals surface area contributed by atoms with Gasteiger partial charge in [-0.25, -0.2) is 0 Å². The van der Waals surface area contributed by atoms with Crippen LogP contribution >= 0.6 is 0 Å². The lowest BCUT2D eigenvalue weighted by molar-refractivity contribution is 0.0759. The summed E-state index contributed by atoms with van der Waals surface area (Å²) < 4.78 is 0. The highest BCUT2D eigenvalue weighted by Crippen LogP contribution is 2.17. The Hall–Kier alpha value is -1.57. The van der Waals surface area contributed by atoms with Gasteiger partial charge in [0.2, 0.25) is 0 Å². The zero-order valence-corrected chi connectivity index (χ0v) is 8.07. The van der Waals surface area contributed by atoms with Crippen molar-refractivity contribution in [1.29, 1.82) is 0 Å². The van der Waals surface area contributed by atoms with E-state index in [1.165, 1.54) is 0 Å². The first-order chi connectivity index (χ1) is 6.83. The summed E-state index contributed by atoms with van der Waals surface area (Å²) in [5, 5.41) is 0. The van der Waals surface area contributed by atoms with Gasteiger partial charge in [0.25, 0.3) is 5.91 Å². The molecule has 0 aromatic heterocycles. The van der Waals surface area contributed by atoms with Crippen molar-refractivity contribution in [1.82, 2.24) is 4.90 Å². The Morgan fingerprint density at radius 2 is 2.21 bits per heavy atom. The summed E-state index contributed by atoms with van der Waals surface area (Å²) in [4.78, 5) is 13.7. The van der Waals surface area contributed by atoms with Crippen molar-refractivity contribution in [3.05, 3.63) is 48.0 Å². The van der Waals surface area contributed by atoms with E-state index in [9.17, 15) is 4.79 Å². The van der Waals surface area contributed by atoms with Gasteiger partial charge in [-0.2, -0.15) is 0 Å². The molecule has 2 nitrogen and oxygen atoms in total. The van der Waals surface area contributed by atoms with E-state index >= 15 is 0 Å². The fraction of sp³-hybridized carbons (Fsp3) is 0.250. The van der Waals surface area contributed by atoms with Crippen LogP contribution in [0.1, 0.15) is 15.9 Å². The average Bonchev–Trinajstić information content (AvgIpc) is 2.23. The molecular formula is C12H13NO. The molecule has 1 heterocycles. The minimum atomic E-state index is 0.131. The fourth-order valence-electron chi connectivity index (χ4n) is 1.80. The number of rotatable bonds is 2. The van der Waals surface area contributed by atoms with Crippen molar-refractivity contribution in [3.63, 3.8) is 0 Å². The van der Waals surface area contributed by atoms with Gasteiger partial charge in [-0.1, -0.05) is 24.3 Å². The second-order valence-corrected chi connectivity index (χ2v) is 3.45. The molecule has 1 aromatic carbocycles. The van der Waals surface area contributed by atoms with Crippen molar-refractivity contribution in [2.75, 3.05) is 13.1 Å². The third kappa shape index (κ3) is 1.43. The summed E-state index contributed by atoms with van der Waals surface area (Å²) in [7, 11) is 0. The number of fused-ring (bicyclic) bond motifs is 1. The lowest BCUT2D eigenvalue weighted by Gasteiger charge is -2.27. The van der Waals surface area contributed by atoms with Gasteiger partial charge >= 0.3 is 0 Å². The topological polar surface area (TPSA) is 20.3 Å². The molecule has 0 spiro atoms. The van der Waals surface area contributed by atoms with Crippen molar-refractivity contribution >= 4 is 5.91 Å². The molecule has 2 rings (SSSR count). The number of amides is 1. The first-order valence-corrected chi connectivity index (χ1v) is 4.81. The first kappa shape index (κ1) is 9.00. The summed E-state index contributed by atoms with van der Waals surface area (Å²) in [6, 6.07) is 7.81. The maximum atomic E-state index is 11.9. The minimum Gasteiger partial charge on any atom is -0.335 e.